The summed E-state index contributed by atoms with van der Waals surface area (Å²) in [5.74, 6) is 0.596. The predicted molar refractivity (Wildman–Crippen MR) is 211 cm³/mol. The van der Waals surface area contributed by atoms with Gasteiger partial charge in [-0.2, -0.15) is 0 Å². The van der Waals surface area contributed by atoms with E-state index in [1.165, 1.54) is 10.8 Å². The van der Waals surface area contributed by atoms with Crippen LogP contribution in [-0.4, -0.2) is 19.5 Å². The summed E-state index contributed by atoms with van der Waals surface area (Å²) >= 11 is 1.63. The second-order valence-corrected chi connectivity index (χ2v) is 13.5. The fourth-order valence-corrected chi connectivity index (χ4v) is 8.48. The van der Waals surface area contributed by atoms with Crippen LogP contribution in [0.4, 0.5) is 0 Å². The van der Waals surface area contributed by atoms with Gasteiger partial charge in [-0.1, -0.05) is 103 Å². The normalized spacial score (nSPS) is 13.3. The number of thiophene rings is 1. The Bertz CT molecular complexity index is 3380. The first kappa shape index (κ1) is 23.7. The first-order chi connectivity index (χ1) is 27.3. The third-order valence-electron chi connectivity index (χ3n) is 9.56. The topological polar surface area (TPSA) is 56.7 Å². The van der Waals surface area contributed by atoms with Crippen LogP contribution in [-0.2, 0) is 0 Å². The number of para-hydroxylation sites is 2. The largest absolute Gasteiger partial charge is 0.456 e. The molecule has 11 rings (SSSR count). The van der Waals surface area contributed by atoms with Crippen LogP contribution in [0.1, 0.15) is 6.85 Å². The van der Waals surface area contributed by atoms with Crippen molar-refractivity contribution in [3.05, 3.63) is 158 Å². The van der Waals surface area contributed by atoms with E-state index in [1.807, 2.05) is 48.5 Å². The fraction of sp³-hybridized carbons (Fsp3) is 0. The van der Waals surface area contributed by atoms with Crippen LogP contribution in [0.5, 0.6) is 0 Å². The summed E-state index contributed by atoms with van der Waals surface area (Å²) in [6, 6.07) is 40.9. The van der Waals surface area contributed by atoms with E-state index in [9.17, 15) is 0 Å². The van der Waals surface area contributed by atoms with E-state index in [2.05, 4.69) is 83.4 Å². The Morgan fingerprint density at radius 3 is 2.00 bits per heavy atom. The van der Waals surface area contributed by atoms with Crippen molar-refractivity contribution in [3.63, 3.8) is 0 Å². The highest BCUT2D eigenvalue weighted by Gasteiger charge is 2.18. The molecule has 0 N–H and O–H groups in total. The molecule has 0 amide bonds. The van der Waals surface area contributed by atoms with Gasteiger partial charge in [0.2, 0.25) is 0 Å². The standard InChI is InChI=1S/C45H26N4OS/c1-2-11-27(12-3-1)43-46-44(48-45(47-43)35-17-10-16-34-33-15-6-9-20-41(33)51-42(34)35)28-21-23-32-36-26-29(22-24-39(36)50-40(32)25-28)49-37-18-7-4-13-30(37)31-14-5-8-19-38(31)49/h1-26H/i1D,2D,3D,11D,12D. The van der Waals surface area contributed by atoms with Crippen LogP contribution in [0.15, 0.2) is 162 Å². The Kier molecular flexibility index (Phi) is 5.08. The molecule has 0 spiro atoms. The van der Waals surface area contributed by atoms with Crippen LogP contribution in [0.2, 0.25) is 0 Å². The van der Waals surface area contributed by atoms with E-state index >= 15 is 0 Å². The van der Waals surface area contributed by atoms with E-state index in [0.717, 1.165) is 58.8 Å². The minimum absolute atomic E-state index is 0.0133. The Morgan fingerprint density at radius 2 is 1.20 bits per heavy atom. The summed E-state index contributed by atoms with van der Waals surface area (Å²) in [5.41, 5.74) is 5.91. The lowest BCUT2D eigenvalue weighted by Crippen LogP contribution is -2.00. The third-order valence-corrected chi connectivity index (χ3v) is 10.8. The van der Waals surface area contributed by atoms with Gasteiger partial charge in [-0.15, -0.1) is 11.3 Å². The molecule has 0 aliphatic rings. The van der Waals surface area contributed by atoms with Gasteiger partial charge < -0.3 is 8.98 Å². The number of benzene rings is 7. The van der Waals surface area contributed by atoms with Gasteiger partial charge in [-0.3, -0.25) is 0 Å². The molecule has 4 aromatic heterocycles. The molecule has 238 valence electrons. The summed E-state index contributed by atoms with van der Waals surface area (Å²) in [4.78, 5) is 14.6. The van der Waals surface area contributed by atoms with Crippen LogP contribution in [0.25, 0.3) is 104 Å². The molecule has 0 fully saturated rings. The Labute approximate surface area is 302 Å². The van der Waals surface area contributed by atoms with Crippen LogP contribution in [0.3, 0.4) is 0 Å². The average Bonchev–Trinajstić information content (AvgIpc) is 3.91. The molecule has 5 nitrogen and oxygen atoms in total. The Hall–Kier alpha value is -6.63. The predicted octanol–water partition coefficient (Wildman–Crippen LogP) is 12.2. The smallest absolute Gasteiger partial charge is 0.165 e. The van der Waals surface area contributed by atoms with Crippen molar-refractivity contribution < 1.29 is 11.3 Å². The lowest BCUT2D eigenvalue weighted by Gasteiger charge is -2.09. The first-order valence-electron chi connectivity index (χ1n) is 19.0. The summed E-state index contributed by atoms with van der Waals surface area (Å²) in [6.45, 7) is 0. The van der Waals surface area contributed by atoms with Crippen molar-refractivity contribution in [2.45, 2.75) is 0 Å². The monoisotopic (exact) mass is 675 g/mol. The van der Waals surface area contributed by atoms with Gasteiger partial charge >= 0.3 is 0 Å². The van der Waals surface area contributed by atoms with Gasteiger partial charge in [-0.05, 0) is 54.6 Å². The van der Waals surface area contributed by atoms with Gasteiger partial charge in [-0.25, -0.2) is 15.0 Å². The minimum atomic E-state index is -0.482. The van der Waals surface area contributed by atoms with Gasteiger partial charge in [0.1, 0.15) is 11.2 Å². The highest BCUT2D eigenvalue weighted by Crippen LogP contribution is 2.40. The molecule has 4 heterocycles. The summed E-state index contributed by atoms with van der Waals surface area (Å²) < 4.78 is 53.3. The second-order valence-electron chi connectivity index (χ2n) is 12.4. The summed E-state index contributed by atoms with van der Waals surface area (Å²) in [7, 11) is 0. The number of furan rings is 1. The summed E-state index contributed by atoms with van der Waals surface area (Å²) in [5, 5.41) is 6.42. The number of nitrogens with zero attached hydrogens (tertiary/aromatic N) is 4. The fourth-order valence-electron chi connectivity index (χ4n) is 7.27. The lowest BCUT2D eigenvalue weighted by atomic mass is 10.1. The zero-order valence-electron chi connectivity index (χ0n) is 31.7. The van der Waals surface area contributed by atoms with Crippen LogP contribution >= 0.6 is 11.3 Å². The molecular weight excluding hydrogens is 645 g/mol. The SMILES string of the molecule is [2H]c1c([2H])c([2H])c(-c2nc(-c3ccc4c(c3)oc3ccc(-n5c6ccccc6c6ccccc65)cc34)nc(-c3cccc4c3sc3ccccc34)n2)c([2H])c1[2H]. The second kappa shape index (κ2) is 10.9. The van der Waals surface area contributed by atoms with Crippen LogP contribution < -0.4 is 0 Å². The molecule has 51 heavy (non-hydrogen) atoms. The maximum Gasteiger partial charge on any atom is 0.165 e. The Morgan fingerprint density at radius 1 is 0.510 bits per heavy atom. The molecule has 0 atom stereocenters. The van der Waals surface area contributed by atoms with E-state index in [-0.39, 0.29) is 29.3 Å². The highest BCUT2D eigenvalue weighted by atomic mass is 32.1. The van der Waals surface area contributed by atoms with Crippen molar-refractivity contribution >= 4 is 75.3 Å². The van der Waals surface area contributed by atoms with E-state index in [4.69, 9.17) is 26.2 Å². The first-order valence-corrected chi connectivity index (χ1v) is 17.3. The maximum absolute atomic E-state index is 8.77. The average molecular weight is 676 g/mol. The van der Waals surface area contributed by atoms with Gasteiger partial charge in [0.15, 0.2) is 17.5 Å². The minimum Gasteiger partial charge on any atom is -0.456 e. The van der Waals surface area contributed by atoms with Gasteiger partial charge in [0, 0.05) is 64.1 Å². The molecular formula is C45H26N4OS. The molecule has 0 aliphatic heterocycles. The summed E-state index contributed by atoms with van der Waals surface area (Å²) in [6.07, 6.45) is 0. The maximum atomic E-state index is 8.77. The quantitative estimate of drug-likeness (QED) is 0.186. The van der Waals surface area contributed by atoms with E-state index in [0.29, 0.717) is 17.0 Å². The molecule has 7 aromatic carbocycles. The molecule has 0 unspecified atom stereocenters. The molecule has 0 saturated heterocycles. The molecule has 0 bridgehead atoms. The van der Waals surface area contributed by atoms with E-state index < -0.39 is 18.1 Å². The number of rotatable bonds is 4. The zero-order chi connectivity index (χ0) is 37.8. The van der Waals surface area contributed by atoms with Gasteiger partial charge in [0.05, 0.1) is 17.9 Å². The molecule has 0 aliphatic carbocycles. The van der Waals surface area contributed by atoms with Crippen molar-refractivity contribution in [2.75, 3.05) is 0 Å². The van der Waals surface area contributed by atoms with Crippen LogP contribution in [0, 0.1) is 0 Å². The molecule has 11 aromatic rings. The van der Waals surface area contributed by atoms with Gasteiger partial charge in [0.25, 0.3) is 0 Å². The lowest BCUT2D eigenvalue weighted by molar-refractivity contribution is 0.669. The zero-order valence-corrected chi connectivity index (χ0v) is 27.5. The molecule has 6 heteroatoms. The van der Waals surface area contributed by atoms with Crippen molar-refractivity contribution in [2.24, 2.45) is 0 Å². The molecule has 0 saturated carbocycles. The number of hydrogen-bond acceptors (Lipinski definition) is 5. The third kappa shape index (κ3) is 4.37. The number of aromatic nitrogens is 4. The van der Waals surface area contributed by atoms with Crippen molar-refractivity contribution in [1.29, 1.82) is 0 Å². The van der Waals surface area contributed by atoms with Crippen molar-refractivity contribution in [3.8, 4) is 39.9 Å². The molecule has 0 radical (unpaired) electrons. The van der Waals surface area contributed by atoms with E-state index in [1.54, 1.807) is 11.3 Å². The number of hydrogen-bond donors (Lipinski definition) is 0. The van der Waals surface area contributed by atoms with Crippen molar-refractivity contribution in [1.82, 2.24) is 19.5 Å². The number of fused-ring (bicyclic) bond motifs is 9. The highest BCUT2D eigenvalue weighted by molar-refractivity contribution is 7.26. The Balaban J connectivity index is 1.11.